The maximum Gasteiger partial charge on any atom is 0.220 e. The third-order valence-electron chi connectivity index (χ3n) is 4.97. The fraction of sp³-hybridized carbons (Fsp3) is 0.588. The van der Waals surface area contributed by atoms with Gasteiger partial charge >= 0.3 is 0 Å². The molecule has 4 atom stereocenters. The number of hydrogen-bond donors (Lipinski definition) is 1. The molecule has 1 aromatic carbocycles. The summed E-state index contributed by atoms with van der Waals surface area (Å²) in [5.74, 6) is 2.63. The quantitative estimate of drug-likeness (QED) is 0.807. The van der Waals surface area contributed by atoms with E-state index in [2.05, 4.69) is 33.4 Å². The number of carbonyl (C=O) groups is 1. The molecule has 1 N–H and O–H groups in total. The molecule has 3 heteroatoms. The van der Waals surface area contributed by atoms with Crippen LogP contribution in [0.1, 0.15) is 42.5 Å². The zero-order valence-corrected chi connectivity index (χ0v) is 13.3. The number of halogens is 1. The number of fused-ring (bicyclic) bond motifs is 2. The summed E-state index contributed by atoms with van der Waals surface area (Å²) in [6, 6.07) is 10.2. The second-order valence-corrected chi connectivity index (χ2v) is 7.43. The van der Waals surface area contributed by atoms with E-state index < -0.39 is 0 Å². The van der Waals surface area contributed by atoms with Gasteiger partial charge in [0.15, 0.2) is 0 Å². The highest BCUT2D eigenvalue weighted by molar-refractivity contribution is 9.09. The van der Waals surface area contributed by atoms with Gasteiger partial charge in [0.1, 0.15) is 0 Å². The molecule has 2 fully saturated rings. The van der Waals surface area contributed by atoms with Crippen molar-refractivity contribution < 1.29 is 4.79 Å². The maximum absolute atomic E-state index is 12.1. The van der Waals surface area contributed by atoms with E-state index in [4.69, 9.17) is 0 Å². The smallest absolute Gasteiger partial charge is 0.220 e. The standard InChI is InChI=1S/C17H22BrNO/c18-16(13-4-2-1-3-5-13)11-19-17(20)10-15-9-12-6-7-14(15)8-12/h1-5,12,14-16H,6-11H2,(H,19,20). The van der Waals surface area contributed by atoms with Crippen LogP contribution in [0.2, 0.25) is 0 Å². The first-order valence-corrected chi connectivity index (χ1v) is 8.59. The first kappa shape index (κ1) is 14.1. The third-order valence-corrected chi connectivity index (χ3v) is 5.82. The van der Waals surface area contributed by atoms with Crippen LogP contribution in [-0.4, -0.2) is 12.5 Å². The van der Waals surface area contributed by atoms with Crippen molar-refractivity contribution in [1.82, 2.24) is 5.32 Å². The van der Waals surface area contributed by atoms with Crippen LogP contribution < -0.4 is 5.32 Å². The summed E-state index contributed by atoms with van der Waals surface area (Å²) < 4.78 is 0. The zero-order chi connectivity index (χ0) is 13.9. The summed E-state index contributed by atoms with van der Waals surface area (Å²) in [5.41, 5.74) is 1.22. The van der Waals surface area contributed by atoms with E-state index in [9.17, 15) is 4.79 Å². The van der Waals surface area contributed by atoms with Crippen molar-refractivity contribution in [2.45, 2.75) is 36.9 Å². The molecule has 2 saturated carbocycles. The van der Waals surface area contributed by atoms with Crippen molar-refractivity contribution in [3.8, 4) is 0 Å². The van der Waals surface area contributed by atoms with E-state index in [1.54, 1.807) is 0 Å². The van der Waals surface area contributed by atoms with Gasteiger partial charge in [-0.1, -0.05) is 52.7 Å². The lowest BCUT2D eigenvalue weighted by Gasteiger charge is -2.21. The highest BCUT2D eigenvalue weighted by Gasteiger charge is 2.40. The summed E-state index contributed by atoms with van der Waals surface area (Å²) in [5, 5.41) is 3.08. The Morgan fingerprint density at radius 3 is 2.70 bits per heavy atom. The minimum Gasteiger partial charge on any atom is -0.355 e. The molecular formula is C17H22BrNO. The predicted octanol–water partition coefficient (Wildman–Crippen LogP) is 4.07. The second-order valence-electron chi connectivity index (χ2n) is 6.32. The number of rotatable bonds is 5. The van der Waals surface area contributed by atoms with Gasteiger partial charge in [-0.15, -0.1) is 0 Å². The monoisotopic (exact) mass is 335 g/mol. The number of benzene rings is 1. The Morgan fingerprint density at radius 1 is 1.25 bits per heavy atom. The number of hydrogen-bond acceptors (Lipinski definition) is 1. The molecule has 0 radical (unpaired) electrons. The molecule has 0 aliphatic heterocycles. The van der Waals surface area contributed by atoms with Crippen molar-refractivity contribution in [3.05, 3.63) is 35.9 Å². The SMILES string of the molecule is O=C(CC1CC2CCC1C2)NCC(Br)c1ccccc1. The van der Waals surface area contributed by atoms with E-state index in [1.165, 1.54) is 31.2 Å². The number of amides is 1. The van der Waals surface area contributed by atoms with E-state index in [-0.39, 0.29) is 10.7 Å². The topological polar surface area (TPSA) is 29.1 Å². The van der Waals surface area contributed by atoms with Gasteiger partial charge in [-0.25, -0.2) is 0 Å². The highest BCUT2D eigenvalue weighted by atomic mass is 79.9. The molecule has 1 aromatic rings. The molecule has 0 spiro atoms. The van der Waals surface area contributed by atoms with Crippen LogP contribution in [-0.2, 0) is 4.79 Å². The molecular weight excluding hydrogens is 314 g/mol. The molecule has 2 aliphatic carbocycles. The molecule has 0 heterocycles. The molecule has 0 saturated heterocycles. The first-order chi connectivity index (χ1) is 9.72. The van der Waals surface area contributed by atoms with Gasteiger partial charge in [0.25, 0.3) is 0 Å². The molecule has 2 bridgehead atoms. The Kier molecular flexibility index (Phi) is 4.45. The minimum atomic E-state index is 0.202. The summed E-state index contributed by atoms with van der Waals surface area (Å²) in [7, 11) is 0. The lowest BCUT2D eigenvalue weighted by Crippen LogP contribution is -2.29. The predicted molar refractivity (Wildman–Crippen MR) is 84.7 cm³/mol. The van der Waals surface area contributed by atoms with Crippen molar-refractivity contribution in [2.24, 2.45) is 17.8 Å². The summed E-state index contributed by atoms with van der Waals surface area (Å²) in [6.07, 6.45) is 6.15. The molecule has 3 rings (SSSR count). The Labute approximate surface area is 129 Å². The van der Waals surface area contributed by atoms with Gasteiger partial charge in [0, 0.05) is 13.0 Å². The number of nitrogens with one attached hydrogen (secondary N) is 1. The van der Waals surface area contributed by atoms with E-state index in [0.717, 1.165) is 18.3 Å². The largest absolute Gasteiger partial charge is 0.355 e. The number of alkyl halides is 1. The Morgan fingerprint density at radius 2 is 2.05 bits per heavy atom. The lowest BCUT2D eigenvalue weighted by atomic mass is 9.86. The summed E-state index contributed by atoms with van der Waals surface area (Å²) in [4.78, 5) is 12.3. The van der Waals surface area contributed by atoms with E-state index in [1.807, 2.05) is 18.2 Å². The average Bonchev–Trinajstić information content (AvgIpc) is 3.08. The van der Waals surface area contributed by atoms with Gasteiger partial charge in [0.05, 0.1) is 4.83 Å². The Hall–Kier alpha value is -0.830. The van der Waals surface area contributed by atoms with Crippen LogP contribution in [0.3, 0.4) is 0 Å². The van der Waals surface area contributed by atoms with E-state index in [0.29, 0.717) is 12.5 Å². The van der Waals surface area contributed by atoms with Gasteiger partial charge in [-0.2, -0.15) is 0 Å². The fourth-order valence-electron chi connectivity index (χ4n) is 3.92. The first-order valence-electron chi connectivity index (χ1n) is 7.68. The van der Waals surface area contributed by atoms with Crippen LogP contribution in [0.5, 0.6) is 0 Å². The molecule has 1 amide bonds. The molecule has 2 nitrogen and oxygen atoms in total. The minimum absolute atomic E-state index is 0.202. The van der Waals surface area contributed by atoms with E-state index >= 15 is 0 Å². The van der Waals surface area contributed by atoms with Gasteiger partial charge < -0.3 is 5.32 Å². The highest BCUT2D eigenvalue weighted by Crippen LogP contribution is 2.49. The van der Waals surface area contributed by atoms with Crippen molar-refractivity contribution >= 4 is 21.8 Å². The molecule has 20 heavy (non-hydrogen) atoms. The average molecular weight is 336 g/mol. The van der Waals surface area contributed by atoms with Gasteiger partial charge in [0.2, 0.25) is 5.91 Å². The van der Waals surface area contributed by atoms with Crippen LogP contribution in [0, 0.1) is 17.8 Å². The van der Waals surface area contributed by atoms with Crippen LogP contribution in [0.4, 0.5) is 0 Å². The molecule has 108 valence electrons. The van der Waals surface area contributed by atoms with Gasteiger partial charge in [-0.05, 0) is 42.6 Å². The Bertz CT molecular complexity index is 461. The fourth-order valence-corrected chi connectivity index (χ4v) is 4.39. The number of carbonyl (C=O) groups excluding carboxylic acids is 1. The Balaban J connectivity index is 1.43. The van der Waals surface area contributed by atoms with Gasteiger partial charge in [-0.3, -0.25) is 4.79 Å². The second kappa shape index (κ2) is 6.30. The maximum atomic E-state index is 12.1. The summed E-state index contributed by atoms with van der Waals surface area (Å²) in [6.45, 7) is 0.670. The molecule has 4 unspecified atom stereocenters. The lowest BCUT2D eigenvalue weighted by molar-refractivity contribution is -0.122. The van der Waals surface area contributed by atoms with Crippen LogP contribution in [0.15, 0.2) is 30.3 Å². The normalized spacial score (nSPS) is 29.4. The van der Waals surface area contributed by atoms with Crippen LogP contribution >= 0.6 is 15.9 Å². The van der Waals surface area contributed by atoms with Crippen molar-refractivity contribution in [2.75, 3.05) is 6.54 Å². The summed E-state index contributed by atoms with van der Waals surface area (Å²) >= 11 is 3.65. The van der Waals surface area contributed by atoms with Crippen LogP contribution in [0.25, 0.3) is 0 Å². The van der Waals surface area contributed by atoms with Crippen molar-refractivity contribution in [3.63, 3.8) is 0 Å². The third kappa shape index (κ3) is 3.25. The van der Waals surface area contributed by atoms with Crippen molar-refractivity contribution in [1.29, 1.82) is 0 Å². The molecule has 2 aliphatic rings. The molecule has 0 aromatic heterocycles. The zero-order valence-electron chi connectivity index (χ0n) is 11.7.